The SMILES string of the molecule is O=C(CC(NC(=O)c1ccccc1Cl)c1ccccc1)NNC(=O)c1cccs1. The summed E-state index contributed by atoms with van der Waals surface area (Å²) in [5, 5.41) is 4.94. The quantitative estimate of drug-likeness (QED) is 0.524. The summed E-state index contributed by atoms with van der Waals surface area (Å²) in [4.78, 5) is 37.5. The number of halogens is 1. The number of benzene rings is 2. The first-order valence-electron chi connectivity index (χ1n) is 8.77. The van der Waals surface area contributed by atoms with E-state index in [1.807, 2.05) is 30.3 Å². The molecule has 0 fully saturated rings. The van der Waals surface area contributed by atoms with Crippen molar-refractivity contribution in [2.75, 3.05) is 0 Å². The molecule has 3 amide bonds. The summed E-state index contributed by atoms with van der Waals surface area (Å²) in [5.41, 5.74) is 5.84. The summed E-state index contributed by atoms with van der Waals surface area (Å²) in [6.07, 6.45) is -0.0646. The van der Waals surface area contributed by atoms with Crippen molar-refractivity contribution in [2.45, 2.75) is 12.5 Å². The van der Waals surface area contributed by atoms with E-state index in [0.717, 1.165) is 5.56 Å². The molecule has 1 heterocycles. The maximum atomic E-state index is 12.7. The van der Waals surface area contributed by atoms with Crippen LogP contribution >= 0.6 is 22.9 Å². The fourth-order valence-corrected chi connectivity index (χ4v) is 3.49. The lowest BCUT2D eigenvalue weighted by Gasteiger charge is -2.19. The monoisotopic (exact) mass is 427 g/mol. The summed E-state index contributed by atoms with van der Waals surface area (Å²) in [7, 11) is 0. The van der Waals surface area contributed by atoms with Gasteiger partial charge in [0.25, 0.3) is 11.8 Å². The Balaban J connectivity index is 1.67. The van der Waals surface area contributed by atoms with Crippen LogP contribution < -0.4 is 16.2 Å². The van der Waals surface area contributed by atoms with Crippen molar-refractivity contribution in [1.82, 2.24) is 16.2 Å². The van der Waals surface area contributed by atoms with Gasteiger partial charge < -0.3 is 5.32 Å². The van der Waals surface area contributed by atoms with Crippen LogP contribution in [-0.2, 0) is 4.79 Å². The number of hydrogen-bond donors (Lipinski definition) is 3. The summed E-state index contributed by atoms with van der Waals surface area (Å²) >= 11 is 7.37. The second-order valence-electron chi connectivity index (χ2n) is 6.10. The lowest BCUT2D eigenvalue weighted by atomic mass is 10.0. The van der Waals surface area contributed by atoms with Gasteiger partial charge in [-0.2, -0.15) is 0 Å². The van der Waals surface area contributed by atoms with Crippen LogP contribution in [0.2, 0.25) is 5.02 Å². The lowest BCUT2D eigenvalue weighted by Crippen LogP contribution is -2.43. The molecule has 6 nitrogen and oxygen atoms in total. The van der Waals surface area contributed by atoms with Gasteiger partial charge in [-0.3, -0.25) is 25.2 Å². The van der Waals surface area contributed by atoms with Gasteiger partial charge in [0.2, 0.25) is 5.91 Å². The van der Waals surface area contributed by atoms with E-state index < -0.39 is 17.9 Å². The van der Waals surface area contributed by atoms with Gasteiger partial charge in [0.15, 0.2) is 0 Å². The van der Waals surface area contributed by atoms with Crippen LogP contribution in [0.3, 0.4) is 0 Å². The number of carbonyl (C=O) groups excluding carboxylic acids is 3. The van der Waals surface area contributed by atoms with Crippen molar-refractivity contribution in [3.63, 3.8) is 0 Å². The first-order valence-corrected chi connectivity index (χ1v) is 10.0. The van der Waals surface area contributed by atoms with Crippen molar-refractivity contribution in [1.29, 1.82) is 0 Å². The van der Waals surface area contributed by atoms with Gasteiger partial charge in [-0.25, -0.2) is 0 Å². The average Bonchev–Trinajstić information content (AvgIpc) is 3.27. The van der Waals surface area contributed by atoms with Gasteiger partial charge >= 0.3 is 0 Å². The number of carbonyl (C=O) groups is 3. The number of thiophene rings is 1. The smallest absolute Gasteiger partial charge is 0.279 e. The highest BCUT2D eigenvalue weighted by Gasteiger charge is 2.21. The van der Waals surface area contributed by atoms with Crippen molar-refractivity contribution in [3.05, 3.63) is 93.1 Å². The van der Waals surface area contributed by atoms with Crippen LogP contribution in [0.1, 0.15) is 38.1 Å². The van der Waals surface area contributed by atoms with Crippen LogP contribution in [0.15, 0.2) is 72.1 Å². The van der Waals surface area contributed by atoms with Crippen LogP contribution in [0.5, 0.6) is 0 Å². The number of nitrogens with one attached hydrogen (secondary N) is 3. The fourth-order valence-electron chi connectivity index (χ4n) is 2.65. The van der Waals surface area contributed by atoms with E-state index >= 15 is 0 Å². The molecule has 148 valence electrons. The Hall–Kier alpha value is -3.16. The minimum absolute atomic E-state index is 0.0646. The fraction of sp³-hybridized carbons (Fsp3) is 0.0952. The molecule has 29 heavy (non-hydrogen) atoms. The first kappa shape index (κ1) is 20.6. The molecule has 8 heteroatoms. The van der Waals surface area contributed by atoms with Gasteiger partial charge in [-0.1, -0.05) is 60.1 Å². The Kier molecular flexibility index (Phi) is 6.99. The maximum absolute atomic E-state index is 12.7. The Morgan fingerprint density at radius 1 is 0.862 bits per heavy atom. The molecule has 0 saturated carbocycles. The number of hydrazine groups is 1. The van der Waals surface area contributed by atoms with E-state index in [1.165, 1.54) is 11.3 Å². The molecular weight excluding hydrogens is 410 g/mol. The second kappa shape index (κ2) is 9.86. The maximum Gasteiger partial charge on any atom is 0.279 e. The number of amides is 3. The Labute approximate surface area is 176 Å². The minimum Gasteiger partial charge on any atom is -0.345 e. The molecule has 0 saturated heterocycles. The highest BCUT2D eigenvalue weighted by Crippen LogP contribution is 2.20. The Morgan fingerprint density at radius 3 is 2.28 bits per heavy atom. The predicted molar refractivity (Wildman–Crippen MR) is 113 cm³/mol. The van der Waals surface area contributed by atoms with E-state index in [4.69, 9.17) is 11.6 Å². The van der Waals surface area contributed by atoms with Gasteiger partial charge in [0.1, 0.15) is 0 Å². The molecule has 1 aromatic heterocycles. The number of rotatable bonds is 6. The molecular formula is C21H18ClN3O3S. The Bertz CT molecular complexity index is 993. The molecule has 0 radical (unpaired) electrons. The van der Waals surface area contributed by atoms with E-state index in [0.29, 0.717) is 15.5 Å². The van der Waals surface area contributed by atoms with Crippen LogP contribution in [0, 0.1) is 0 Å². The second-order valence-corrected chi connectivity index (χ2v) is 7.46. The first-order chi connectivity index (χ1) is 14.0. The molecule has 0 bridgehead atoms. The third-order valence-electron chi connectivity index (χ3n) is 4.08. The lowest BCUT2D eigenvalue weighted by molar-refractivity contribution is -0.122. The van der Waals surface area contributed by atoms with E-state index in [2.05, 4.69) is 16.2 Å². The zero-order valence-corrected chi connectivity index (χ0v) is 16.8. The third-order valence-corrected chi connectivity index (χ3v) is 5.27. The van der Waals surface area contributed by atoms with Crippen LogP contribution in [0.4, 0.5) is 0 Å². The normalized spacial score (nSPS) is 11.3. The third kappa shape index (κ3) is 5.66. The highest BCUT2D eigenvalue weighted by atomic mass is 35.5. The molecule has 3 aromatic rings. The molecule has 0 aliphatic carbocycles. The standard InChI is InChI=1S/C21H18ClN3O3S/c22-16-10-5-4-9-15(16)20(27)23-17(14-7-2-1-3-8-14)13-19(26)24-25-21(28)18-11-6-12-29-18/h1-12,17H,13H2,(H,23,27)(H,24,26)(H,25,28). The van der Waals surface area contributed by atoms with Gasteiger partial charge in [-0.05, 0) is 29.1 Å². The van der Waals surface area contributed by atoms with E-state index in [-0.39, 0.29) is 12.3 Å². The van der Waals surface area contributed by atoms with Crippen molar-refractivity contribution in [3.8, 4) is 0 Å². The van der Waals surface area contributed by atoms with Crippen LogP contribution in [0.25, 0.3) is 0 Å². The van der Waals surface area contributed by atoms with E-state index in [9.17, 15) is 14.4 Å². The van der Waals surface area contributed by atoms with E-state index in [1.54, 1.807) is 41.8 Å². The molecule has 0 aliphatic rings. The minimum atomic E-state index is -0.599. The topological polar surface area (TPSA) is 87.3 Å². The van der Waals surface area contributed by atoms with Crippen LogP contribution in [-0.4, -0.2) is 17.7 Å². The van der Waals surface area contributed by atoms with Gasteiger partial charge in [-0.15, -0.1) is 11.3 Å². The zero-order valence-electron chi connectivity index (χ0n) is 15.2. The number of hydrogen-bond acceptors (Lipinski definition) is 4. The molecule has 2 aromatic carbocycles. The van der Waals surface area contributed by atoms with Crippen molar-refractivity contribution in [2.24, 2.45) is 0 Å². The van der Waals surface area contributed by atoms with Gasteiger partial charge in [0.05, 0.1) is 27.9 Å². The van der Waals surface area contributed by atoms with Gasteiger partial charge in [0, 0.05) is 0 Å². The van der Waals surface area contributed by atoms with Crippen molar-refractivity contribution < 1.29 is 14.4 Å². The predicted octanol–water partition coefficient (Wildman–Crippen LogP) is 3.72. The molecule has 0 aliphatic heterocycles. The molecule has 3 N–H and O–H groups in total. The summed E-state index contributed by atoms with van der Waals surface area (Å²) in [6, 6.07) is 18.6. The van der Waals surface area contributed by atoms with Crippen molar-refractivity contribution >= 4 is 40.7 Å². The summed E-state index contributed by atoms with van der Waals surface area (Å²) in [5.74, 6) is -1.23. The highest BCUT2D eigenvalue weighted by molar-refractivity contribution is 7.12. The average molecular weight is 428 g/mol. The molecule has 1 unspecified atom stereocenters. The largest absolute Gasteiger partial charge is 0.345 e. The summed E-state index contributed by atoms with van der Waals surface area (Å²) in [6.45, 7) is 0. The molecule has 0 spiro atoms. The molecule has 3 rings (SSSR count). The molecule has 1 atom stereocenters. The Morgan fingerprint density at radius 2 is 1.59 bits per heavy atom. The summed E-state index contributed by atoms with van der Waals surface area (Å²) < 4.78 is 0. The zero-order chi connectivity index (χ0) is 20.6.